The summed E-state index contributed by atoms with van der Waals surface area (Å²) in [5.41, 5.74) is 1.62. The predicted octanol–water partition coefficient (Wildman–Crippen LogP) is 5.22. The Morgan fingerprint density at radius 1 is 1.24 bits per heavy atom. The highest BCUT2D eigenvalue weighted by atomic mass is 32.1. The first-order valence-corrected chi connectivity index (χ1v) is 8.14. The van der Waals surface area contributed by atoms with Crippen LogP contribution < -0.4 is 4.74 Å². The Hall–Kier alpha value is -1.42. The van der Waals surface area contributed by atoms with Crippen LogP contribution in [0.25, 0.3) is 10.4 Å². The minimum Gasteiger partial charge on any atom is -0.490 e. The first-order chi connectivity index (χ1) is 10.1. The van der Waals surface area contributed by atoms with E-state index in [0.29, 0.717) is 18.1 Å². The van der Waals surface area contributed by atoms with E-state index >= 15 is 0 Å². The van der Waals surface area contributed by atoms with Gasteiger partial charge in [-0.15, -0.1) is 11.3 Å². The average Bonchev–Trinajstić information content (AvgIpc) is 2.97. The van der Waals surface area contributed by atoms with Crippen LogP contribution in [0.4, 0.5) is 8.78 Å². The third-order valence-electron chi connectivity index (χ3n) is 3.77. The van der Waals surface area contributed by atoms with Crippen molar-refractivity contribution in [1.29, 1.82) is 0 Å². The van der Waals surface area contributed by atoms with Crippen molar-refractivity contribution in [3.05, 3.63) is 40.3 Å². The number of thiophene rings is 1. The van der Waals surface area contributed by atoms with E-state index in [0.717, 1.165) is 24.1 Å². The molecule has 0 amide bonds. The molecule has 0 aliphatic heterocycles. The van der Waals surface area contributed by atoms with Crippen molar-refractivity contribution in [3.8, 4) is 16.2 Å². The molecule has 0 spiro atoms. The standard InChI is InChI=1S/C17H18F2OS/c1-3-6-20-13-5-4-12(16(18)17(13)19)15-9-11-7-10(2)8-14(11)21-15/h4-5,9-10H,3,6-8H2,1-2H3. The van der Waals surface area contributed by atoms with Gasteiger partial charge in [0.1, 0.15) is 0 Å². The highest BCUT2D eigenvalue weighted by Crippen LogP contribution is 2.40. The van der Waals surface area contributed by atoms with Crippen molar-refractivity contribution in [2.45, 2.75) is 33.1 Å². The molecule has 3 rings (SSSR count). The van der Waals surface area contributed by atoms with Gasteiger partial charge >= 0.3 is 0 Å². The fourth-order valence-corrected chi connectivity index (χ4v) is 4.13. The van der Waals surface area contributed by atoms with Crippen LogP contribution in [-0.4, -0.2) is 6.61 Å². The molecule has 0 N–H and O–H groups in total. The second kappa shape index (κ2) is 5.76. The Balaban J connectivity index is 1.93. The lowest BCUT2D eigenvalue weighted by Gasteiger charge is -2.09. The van der Waals surface area contributed by atoms with Crippen molar-refractivity contribution in [2.24, 2.45) is 5.92 Å². The van der Waals surface area contributed by atoms with Gasteiger partial charge in [0, 0.05) is 15.3 Å². The van der Waals surface area contributed by atoms with Crippen LogP contribution in [0.1, 0.15) is 30.7 Å². The molecular weight excluding hydrogens is 290 g/mol. The molecule has 4 heteroatoms. The summed E-state index contributed by atoms with van der Waals surface area (Å²) < 4.78 is 33.5. The lowest BCUT2D eigenvalue weighted by atomic mass is 10.1. The molecule has 0 saturated carbocycles. The van der Waals surface area contributed by atoms with Gasteiger partial charge in [-0.05, 0) is 48.9 Å². The molecule has 1 aromatic carbocycles. The summed E-state index contributed by atoms with van der Waals surface area (Å²) in [7, 11) is 0. The highest BCUT2D eigenvalue weighted by Gasteiger charge is 2.23. The van der Waals surface area contributed by atoms with E-state index in [1.54, 1.807) is 17.4 Å². The highest BCUT2D eigenvalue weighted by molar-refractivity contribution is 7.15. The van der Waals surface area contributed by atoms with Crippen LogP contribution in [-0.2, 0) is 12.8 Å². The van der Waals surface area contributed by atoms with E-state index in [1.165, 1.54) is 16.5 Å². The Morgan fingerprint density at radius 2 is 2.05 bits per heavy atom. The van der Waals surface area contributed by atoms with E-state index in [-0.39, 0.29) is 5.75 Å². The van der Waals surface area contributed by atoms with Crippen LogP contribution in [0.5, 0.6) is 5.75 Å². The number of rotatable bonds is 4. The first-order valence-electron chi connectivity index (χ1n) is 7.33. The van der Waals surface area contributed by atoms with Crippen molar-refractivity contribution >= 4 is 11.3 Å². The Labute approximate surface area is 127 Å². The molecule has 21 heavy (non-hydrogen) atoms. The van der Waals surface area contributed by atoms with Crippen LogP contribution in [0, 0.1) is 17.6 Å². The molecule has 0 saturated heterocycles. The number of hydrogen-bond donors (Lipinski definition) is 0. The van der Waals surface area contributed by atoms with Crippen molar-refractivity contribution in [1.82, 2.24) is 0 Å². The molecule has 0 bridgehead atoms. The van der Waals surface area contributed by atoms with E-state index in [9.17, 15) is 8.78 Å². The van der Waals surface area contributed by atoms with Gasteiger partial charge in [-0.2, -0.15) is 4.39 Å². The molecule has 1 aliphatic carbocycles. The Morgan fingerprint density at radius 3 is 2.76 bits per heavy atom. The summed E-state index contributed by atoms with van der Waals surface area (Å²) >= 11 is 1.58. The topological polar surface area (TPSA) is 9.23 Å². The van der Waals surface area contributed by atoms with E-state index in [2.05, 4.69) is 6.92 Å². The zero-order valence-corrected chi connectivity index (χ0v) is 13.0. The fourth-order valence-electron chi connectivity index (χ4n) is 2.75. The molecule has 0 radical (unpaired) electrons. The number of ether oxygens (including phenoxy) is 1. The third kappa shape index (κ3) is 2.69. The zero-order chi connectivity index (χ0) is 15.0. The molecule has 1 aromatic heterocycles. The van der Waals surface area contributed by atoms with Crippen molar-refractivity contribution in [2.75, 3.05) is 6.61 Å². The first kappa shape index (κ1) is 14.5. The van der Waals surface area contributed by atoms with Gasteiger partial charge in [-0.25, -0.2) is 4.39 Å². The summed E-state index contributed by atoms with van der Waals surface area (Å²) in [4.78, 5) is 2.12. The van der Waals surface area contributed by atoms with Gasteiger partial charge in [0.2, 0.25) is 5.82 Å². The predicted molar refractivity (Wildman–Crippen MR) is 82.0 cm³/mol. The average molecular weight is 308 g/mol. The van der Waals surface area contributed by atoms with Crippen LogP contribution >= 0.6 is 11.3 Å². The number of benzene rings is 1. The molecule has 1 heterocycles. The normalized spacial score (nSPS) is 17.0. The van der Waals surface area contributed by atoms with Crippen LogP contribution in [0.15, 0.2) is 18.2 Å². The summed E-state index contributed by atoms with van der Waals surface area (Å²) in [6, 6.07) is 5.15. The quantitative estimate of drug-likeness (QED) is 0.752. The molecular formula is C17H18F2OS. The van der Waals surface area contributed by atoms with Gasteiger partial charge < -0.3 is 4.74 Å². The third-order valence-corrected chi connectivity index (χ3v) is 5.01. The van der Waals surface area contributed by atoms with E-state index < -0.39 is 11.6 Å². The second-order valence-corrected chi connectivity index (χ2v) is 6.80. The van der Waals surface area contributed by atoms with Crippen LogP contribution in [0.3, 0.4) is 0 Å². The van der Waals surface area contributed by atoms with Gasteiger partial charge in [0.25, 0.3) is 0 Å². The van der Waals surface area contributed by atoms with E-state index in [4.69, 9.17) is 4.74 Å². The number of hydrogen-bond acceptors (Lipinski definition) is 2. The lowest BCUT2D eigenvalue weighted by molar-refractivity contribution is 0.295. The summed E-state index contributed by atoms with van der Waals surface area (Å²) in [6.45, 7) is 4.53. The fraction of sp³-hybridized carbons (Fsp3) is 0.412. The summed E-state index contributed by atoms with van der Waals surface area (Å²) in [6.07, 6.45) is 2.84. The monoisotopic (exact) mass is 308 g/mol. The maximum atomic E-state index is 14.3. The molecule has 1 unspecified atom stereocenters. The zero-order valence-electron chi connectivity index (χ0n) is 12.2. The lowest BCUT2D eigenvalue weighted by Crippen LogP contribution is -2.00. The van der Waals surface area contributed by atoms with Gasteiger partial charge in [-0.1, -0.05) is 13.8 Å². The van der Waals surface area contributed by atoms with Gasteiger partial charge in [0.05, 0.1) is 6.61 Å². The molecule has 2 aromatic rings. The summed E-state index contributed by atoms with van der Waals surface area (Å²) in [5, 5.41) is 0. The largest absolute Gasteiger partial charge is 0.490 e. The molecule has 1 atom stereocenters. The van der Waals surface area contributed by atoms with Gasteiger partial charge in [-0.3, -0.25) is 0 Å². The Kier molecular flexibility index (Phi) is 3.98. The molecule has 1 aliphatic rings. The number of halogens is 2. The number of fused-ring (bicyclic) bond motifs is 1. The Bertz CT molecular complexity index is 640. The van der Waals surface area contributed by atoms with Gasteiger partial charge in [0.15, 0.2) is 11.6 Å². The van der Waals surface area contributed by atoms with Crippen LogP contribution in [0.2, 0.25) is 0 Å². The molecule has 112 valence electrons. The minimum absolute atomic E-state index is 0.00387. The van der Waals surface area contributed by atoms with Crippen molar-refractivity contribution in [3.63, 3.8) is 0 Å². The SMILES string of the molecule is CCCOc1ccc(-c2cc3c(s2)CC(C)C3)c(F)c1F. The minimum atomic E-state index is -0.886. The van der Waals surface area contributed by atoms with Crippen molar-refractivity contribution < 1.29 is 13.5 Å². The van der Waals surface area contributed by atoms with E-state index in [1.807, 2.05) is 13.0 Å². The summed E-state index contributed by atoms with van der Waals surface area (Å²) in [5.74, 6) is -1.04. The maximum absolute atomic E-state index is 14.3. The maximum Gasteiger partial charge on any atom is 0.201 e. The second-order valence-electron chi connectivity index (χ2n) is 5.66. The molecule has 0 fully saturated rings. The molecule has 1 nitrogen and oxygen atoms in total. The smallest absolute Gasteiger partial charge is 0.201 e.